The van der Waals surface area contributed by atoms with Crippen molar-refractivity contribution in [1.29, 1.82) is 0 Å². The number of benzene rings is 3. The number of amides is 2. The van der Waals surface area contributed by atoms with Crippen LogP contribution in [0.3, 0.4) is 0 Å². The number of primary amides is 1. The van der Waals surface area contributed by atoms with E-state index in [2.05, 4.69) is 15.3 Å². The van der Waals surface area contributed by atoms with E-state index in [1.54, 1.807) is 43.6 Å². The van der Waals surface area contributed by atoms with Gasteiger partial charge in [0, 0.05) is 45.7 Å². The van der Waals surface area contributed by atoms with Crippen LogP contribution >= 0.6 is 11.3 Å². The summed E-state index contributed by atoms with van der Waals surface area (Å²) in [4.78, 5) is 48.2. The highest BCUT2D eigenvalue weighted by Gasteiger charge is 2.37. The zero-order chi connectivity index (χ0) is 35.2. The molecule has 4 heterocycles. The minimum absolute atomic E-state index is 0.0185. The van der Waals surface area contributed by atoms with E-state index < -0.39 is 45.4 Å². The van der Waals surface area contributed by atoms with Crippen LogP contribution in [0.4, 0.5) is 14.9 Å². The zero-order valence-electron chi connectivity index (χ0n) is 26.9. The molecule has 7 rings (SSSR count). The van der Waals surface area contributed by atoms with E-state index in [1.807, 2.05) is 29.6 Å². The summed E-state index contributed by atoms with van der Waals surface area (Å²) in [6.07, 6.45) is 5.11. The van der Waals surface area contributed by atoms with Crippen LogP contribution in [0.2, 0.25) is 0 Å². The fourth-order valence-corrected chi connectivity index (χ4v) is 9.15. The first-order valence-electron chi connectivity index (χ1n) is 15.9. The number of hydrogen-bond acceptors (Lipinski definition) is 8. The molecule has 1 atom stereocenters. The molecule has 1 aliphatic rings. The highest BCUT2D eigenvalue weighted by Crippen LogP contribution is 2.37. The van der Waals surface area contributed by atoms with Crippen LogP contribution in [0.15, 0.2) is 83.2 Å². The molecule has 2 amide bonds. The third-order valence-corrected chi connectivity index (χ3v) is 11.6. The SMILES string of the molecule is Cc1ncc(-c2ccc3c(c2)n(C(N)=O)c(=O)n3CS(=O)(=O)N2CCCCC[C@H]2C(=O)Nc2cccc(-c3csc4ccccc34)c2F)cn1. The fraction of sp³-hybridized carbons (Fsp3) is 0.229. The predicted molar refractivity (Wildman–Crippen MR) is 191 cm³/mol. The largest absolute Gasteiger partial charge is 0.351 e. The predicted octanol–water partition coefficient (Wildman–Crippen LogP) is 5.69. The second-order valence-corrected chi connectivity index (χ2v) is 14.9. The number of fused-ring (bicyclic) bond motifs is 2. The number of nitrogens with zero attached hydrogens (tertiary/aromatic N) is 5. The lowest BCUT2D eigenvalue weighted by Crippen LogP contribution is -2.48. The Morgan fingerprint density at radius 2 is 1.76 bits per heavy atom. The lowest BCUT2D eigenvalue weighted by molar-refractivity contribution is -0.119. The molecule has 0 unspecified atom stereocenters. The Kier molecular flexibility index (Phi) is 8.80. The maximum absolute atomic E-state index is 16.0. The number of anilines is 1. The molecule has 0 radical (unpaired) electrons. The standard InChI is InChI=1S/C35H32FN7O5S2/c1-21-38-17-23(18-39-21)22-13-14-28-30(16-22)43(34(37)45)35(46)41(28)20-50(47,48)42-15-6-2-3-11-29(42)33(44)40-27-10-7-9-25(32(27)36)26-19-49-31-12-5-4-8-24(26)31/h4-5,7-10,12-14,16-19,29H,2-3,6,11,15,20H2,1H3,(H2,37,45)(H,40,44)/t29-/m0/s1. The Morgan fingerprint density at radius 3 is 2.54 bits per heavy atom. The van der Waals surface area contributed by atoms with Crippen molar-refractivity contribution in [3.05, 3.63) is 101 Å². The lowest BCUT2D eigenvalue weighted by atomic mass is 10.0. The van der Waals surface area contributed by atoms with Crippen molar-refractivity contribution in [1.82, 2.24) is 23.4 Å². The van der Waals surface area contributed by atoms with Gasteiger partial charge in [0.15, 0.2) is 5.82 Å². The van der Waals surface area contributed by atoms with Crippen molar-refractivity contribution in [2.45, 2.75) is 44.5 Å². The summed E-state index contributed by atoms with van der Waals surface area (Å²) in [5, 5.41) is 5.40. The average molecular weight is 714 g/mol. The molecule has 0 saturated carbocycles. The Morgan fingerprint density at radius 1 is 0.980 bits per heavy atom. The summed E-state index contributed by atoms with van der Waals surface area (Å²) in [6.45, 7) is 1.75. The minimum atomic E-state index is -4.36. The van der Waals surface area contributed by atoms with Crippen LogP contribution in [0.1, 0.15) is 31.5 Å². The van der Waals surface area contributed by atoms with Gasteiger partial charge in [-0.3, -0.25) is 9.36 Å². The van der Waals surface area contributed by atoms with Gasteiger partial charge < -0.3 is 11.1 Å². The molecule has 12 nitrogen and oxygen atoms in total. The minimum Gasteiger partial charge on any atom is -0.351 e. The van der Waals surface area contributed by atoms with E-state index in [0.29, 0.717) is 51.9 Å². The van der Waals surface area contributed by atoms with Gasteiger partial charge in [0.2, 0.25) is 15.9 Å². The molecule has 1 aliphatic heterocycles. The van der Waals surface area contributed by atoms with Gasteiger partial charge in [-0.05, 0) is 55.0 Å². The summed E-state index contributed by atoms with van der Waals surface area (Å²) >= 11 is 1.49. The van der Waals surface area contributed by atoms with E-state index in [4.69, 9.17) is 5.73 Å². The number of thiophene rings is 1. The number of sulfonamides is 1. The maximum atomic E-state index is 16.0. The first-order valence-corrected chi connectivity index (χ1v) is 18.4. The number of aromatic nitrogens is 4. The van der Waals surface area contributed by atoms with Gasteiger partial charge >= 0.3 is 11.7 Å². The lowest BCUT2D eigenvalue weighted by Gasteiger charge is -2.28. The number of nitrogens with two attached hydrogens (primary N) is 1. The summed E-state index contributed by atoms with van der Waals surface area (Å²) in [5.41, 5.74) is 7.05. The van der Waals surface area contributed by atoms with Crippen molar-refractivity contribution in [2.75, 3.05) is 11.9 Å². The molecule has 3 N–H and O–H groups in total. The summed E-state index contributed by atoms with van der Waals surface area (Å²) in [7, 11) is -4.36. The molecule has 3 aromatic heterocycles. The van der Waals surface area contributed by atoms with Crippen molar-refractivity contribution in [2.24, 2.45) is 5.73 Å². The molecule has 0 aliphatic carbocycles. The van der Waals surface area contributed by atoms with Crippen molar-refractivity contribution in [3.8, 4) is 22.3 Å². The maximum Gasteiger partial charge on any atom is 0.338 e. The number of nitrogens with one attached hydrogen (secondary N) is 1. The normalized spacial score (nSPS) is 15.7. The van der Waals surface area contributed by atoms with Crippen LogP contribution < -0.4 is 16.7 Å². The summed E-state index contributed by atoms with van der Waals surface area (Å²) < 4.78 is 48.0. The number of carbonyl (C=O) groups is 2. The third kappa shape index (κ3) is 6.08. The molecule has 0 bridgehead atoms. The molecular formula is C35H32FN7O5S2. The van der Waals surface area contributed by atoms with Crippen LogP contribution in [-0.2, 0) is 20.7 Å². The molecule has 1 fully saturated rings. The second-order valence-electron chi connectivity index (χ2n) is 12.1. The quantitative estimate of drug-likeness (QED) is 0.215. The van der Waals surface area contributed by atoms with Crippen LogP contribution in [0, 0.1) is 12.7 Å². The third-order valence-electron chi connectivity index (χ3n) is 8.95. The fourth-order valence-electron chi connectivity index (χ4n) is 6.47. The first-order chi connectivity index (χ1) is 24.0. The molecule has 6 aromatic rings. The van der Waals surface area contributed by atoms with E-state index in [9.17, 15) is 22.8 Å². The van der Waals surface area contributed by atoms with Crippen molar-refractivity contribution >= 4 is 60.1 Å². The average Bonchev–Trinajstić information content (AvgIpc) is 3.51. The summed E-state index contributed by atoms with van der Waals surface area (Å²) in [5.74, 6) is -1.60. The number of rotatable bonds is 7. The van der Waals surface area contributed by atoms with Gasteiger partial charge in [0.05, 0.1) is 16.7 Å². The van der Waals surface area contributed by atoms with Gasteiger partial charge in [-0.1, -0.05) is 49.2 Å². The van der Waals surface area contributed by atoms with Crippen LogP contribution in [0.25, 0.3) is 43.4 Å². The smallest absolute Gasteiger partial charge is 0.338 e. The molecule has 3 aromatic carbocycles. The number of halogens is 1. The van der Waals surface area contributed by atoms with Gasteiger partial charge in [0.25, 0.3) is 0 Å². The molecule has 0 spiro atoms. The molecule has 256 valence electrons. The van der Waals surface area contributed by atoms with Gasteiger partial charge in [0.1, 0.15) is 17.7 Å². The highest BCUT2D eigenvalue weighted by molar-refractivity contribution is 7.88. The number of hydrogen-bond donors (Lipinski definition) is 2. The Bertz CT molecular complexity index is 2460. The molecule has 1 saturated heterocycles. The zero-order valence-corrected chi connectivity index (χ0v) is 28.5. The molecular weight excluding hydrogens is 682 g/mol. The monoisotopic (exact) mass is 713 g/mol. The Balaban J connectivity index is 1.20. The Labute approximate surface area is 290 Å². The Hall–Kier alpha value is -5.25. The van der Waals surface area contributed by atoms with Crippen LogP contribution in [-0.4, -0.2) is 56.4 Å². The number of aryl methyl sites for hydroxylation is 1. The van der Waals surface area contributed by atoms with Gasteiger partial charge in [-0.15, -0.1) is 11.3 Å². The van der Waals surface area contributed by atoms with E-state index >= 15 is 4.39 Å². The van der Waals surface area contributed by atoms with E-state index in [-0.39, 0.29) is 29.7 Å². The van der Waals surface area contributed by atoms with Crippen molar-refractivity contribution < 1.29 is 22.4 Å². The summed E-state index contributed by atoms with van der Waals surface area (Å²) in [6, 6.07) is 14.8. The van der Waals surface area contributed by atoms with Gasteiger partial charge in [-0.25, -0.2) is 36.9 Å². The molecule has 50 heavy (non-hydrogen) atoms. The second kappa shape index (κ2) is 13.2. The molecule has 15 heteroatoms. The number of carbonyl (C=O) groups excluding carboxylic acids is 2. The topological polar surface area (TPSA) is 162 Å². The van der Waals surface area contributed by atoms with E-state index in [0.717, 1.165) is 19.0 Å². The highest BCUT2D eigenvalue weighted by atomic mass is 32.2. The van der Waals surface area contributed by atoms with Gasteiger partial charge in [-0.2, -0.15) is 4.31 Å². The number of imidazole rings is 1. The van der Waals surface area contributed by atoms with Crippen molar-refractivity contribution in [3.63, 3.8) is 0 Å². The first kappa shape index (κ1) is 33.3. The van der Waals surface area contributed by atoms with Crippen LogP contribution in [0.5, 0.6) is 0 Å². The van der Waals surface area contributed by atoms with E-state index in [1.165, 1.54) is 23.5 Å².